The van der Waals surface area contributed by atoms with Gasteiger partial charge in [-0.1, -0.05) is 0 Å². The third-order valence-corrected chi connectivity index (χ3v) is 6.17. The van der Waals surface area contributed by atoms with Gasteiger partial charge in [-0.25, -0.2) is 28.4 Å². The topological polar surface area (TPSA) is 111 Å². The van der Waals surface area contributed by atoms with E-state index in [1.54, 1.807) is 35.3 Å². The van der Waals surface area contributed by atoms with Gasteiger partial charge in [-0.3, -0.25) is 4.79 Å². The van der Waals surface area contributed by atoms with Gasteiger partial charge >= 0.3 is 0 Å². The van der Waals surface area contributed by atoms with Gasteiger partial charge in [0.1, 0.15) is 35.4 Å². The molecule has 6 rings (SSSR count). The van der Waals surface area contributed by atoms with Gasteiger partial charge < -0.3 is 15.0 Å². The number of rotatable bonds is 6. The summed E-state index contributed by atoms with van der Waals surface area (Å²) in [4.78, 5) is 28.8. The van der Waals surface area contributed by atoms with Gasteiger partial charge in [-0.15, -0.1) is 0 Å². The molecule has 37 heavy (non-hydrogen) atoms. The lowest BCUT2D eigenvalue weighted by molar-refractivity contribution is 0.0947. The molecule has 0 unspecified atom stereocenters. The summed E-state index contributed by atoms with van der Waals surface area (Å²) in [5.74, 6) is -0.607. The van der Waals surface area contributed by atoms with Gasteiger partial charge in [-0.05, 0) is 66.4 Å². The van der Waals surface area contributed by atoms with Crippen molar-refractivity contribution >= 4 is 17.1 Å². The third-order valence-electron chi connectivity index (χ3n) is 6.17. The number of fused-ring (bicyclic) bond motifs is 1. The molecule has 3 aromatic heterocycles. The molecule has 2 N–H and O–H groups in total. The predicted molar refractivity (Wildman–Crippen MR) is 130 cm³/mol. The molecule has 9 nitrogen and oxygen atoms in total. The first-order valence-corrected chi connectivity index (χ1v) is 11.7. The van der Waals surface area contributed by atoms with Crippen molar-refractivity contribution in [1.82, 2.24) is 35.0 Å². The number of nitrogens with zero attached hydrogens (tertiary/aromatic N) is 5. The minimum absolute atomic E-state index is 0.0773. The molecule has 4 heterocycles. The third kappa shape index (κ3) is 4.68. The van der Waals surface area contributed by atoms with Crippen molar-refractivity contribution in [3.63, 3.8) is 0 Å². The van der Waals surface area contributed by atoms with E-state index in [0.29, 0.717) is 46.0 Å². The number of carbonyl (C=O) groups is 1. The van der Waals surface area contributed by atoms with Crippen molar-refractivity contribution in [3.05, 3.63) is 89.9 Å². The van der Waals surface area contributed by atoms with E-state index < -0.39 is 11.7 Å². The first-order chi connectivity index (χ1) is 18.0. The molecule has 0 aliphatic carbocycles. The van der Waals surface area contributed by atoms with Crippen LogP contribution >= 0.6 is 0 Å². The molecule has 11 heteroatoms. The Morgan fingerprint density at radius 2 is 1.97 bits per heavy atom. The number of carbonyl (C=O) groups excluding carboxylic acids is 1. The van der Waals surface area contributed by atoms with Crippen molar-refractivity contribution in [2.24, 2.45) is 0 Å². The molecular weight excluding hydrogens is 480 g/mol. The fourth-order valence-corrected chi connectivity index (χ4v) is 4.36. The van der Waals surface area contributed by atoms with Crippen molar-refractivity contribution in [2.45, 2.75) is 25.5 Å². The first-order valence-electron chi connectivity index (χ1n) is 11.7. The highest BCUT2D eigenvalue weighted by molar-refractivity contribution is 6.02. The highest BCUT2D eigenvalue weighted by Crippen LogP contribution is 2.28. The number of amides is 1. The number of benzene rings is 2. The fourth-order valence-electron chi connectivity index (χ4n) is 4.36. The van der Waals surface area contributed by atoms with Crippen LogP contribution in [0.2, 0.25) is 0 Å². The summed E-state index contributed by atoms with van der Waals surface area (Å²) >= 11 is 0. The molecule has 0 spiro atoms. The van der Waals surface area contributed by atoms with E-state index in [1.807, 2.05) is 0 Å². The largest absolute Gasteiger partial charge is 0.370 e. The van der Waals surface area contributed by atoms with Gasteiger partial charge in [0.05, 0.1) is 11.9 Å². The van der Waals surface area contributed by atoms with Crippen molar-refractivity contribution in [3.8, 4) is 16.8 Å². The molecule has 5 aromatic rings. The molecule has 1 saturated heterocycles. The maximum Gasteiger partial charge on any atom is 0.272 e. The Morgan fingerprint density at radius 1 is 1.11 bits per heavy atom. The lowest BCUT2D eigenvalue weighted by Crippen LogP contribution is -2.24. The molecular formula is C26H21F2N7O2. The van der Waals surface area contributed by atoms with Gasteiger partial charge in [0.15, 0.2) is 11.3 Å². The highest BCUT2D eigenvalue weighted by atomic mass is 19.1. The number of aromatic amines is 1. The number of imidazole rings is 1. The fraction of sp³-hybridized carbons (Fsp3) is 0.192. The number of aromatic nitrogens is 6. The maximum atomic E-state index is 14.5. The molecule has 1 aliphatic rings. The Labute approximate surface area is 209 Å². The zero-order valence-electron chi connectivity index (χ0n) is 19.5. The zero-order valence-corrected chi connectivity index (χ0v) is 19.5. The minimum atomic E-state index is -0.449. The Kier molecular flexibility index (Phi) is 5.89. The van der Waals surface area contributed by atoms with Gasteiger partial charge in [0.25, 0.3) is 5.91 Å². The summed E-state index contributed by atoms with van der Waals surface area (Å²) in [5.41, 5.74) is 3.47. The van der Waals surface area contributed by atoms with Crippen LogP contribution in [0, 0.1) is 11.6 Å². The summed E-state index contributed by atoms with van der Waals surface area (Å²) in [7, 11) is 0. The van der Waals surface area contributed by atoms with Gasteiger partial charge in [-0.2, -0.15) is 5.10 Å². The maximum absolute atomic E-state index is 14.5. The van der Waals surface area contributed by atoms with Crippen LogP contribution in [0.3, 0.4) is 0 Å². The second-order valence-electron chi connectivity index (χ2n) is 8.73. The Balaban J connectivity index is 1.20. The number of hydrogen-bond acceptors (Lipinski definition) is 6. The summed E-state index contributed by atoms with van der Waals surface area (Å²) in [5, 5.41) is 7.09. The Hall–Kier alpha value is -4.51. The number of halogens is 2. The van der Waals surface area contributed by atoms with E-state index in [2.05, 4.69) is 30.4 Å². The van der Waals surface area contributed by atoms with Crippen molar-refractivity contribution < 1.29 is 18.3 Å². The number of nitrogens with one attached hydrogen (secondary N) is 2. The normalized spacial score (nSPS) is 15.4. The highest BCUT2D eigenvalue weighted by Gasteiger charge is 2.23. The van der Waals surface area contributed by atoms with E-state index in [0.717, 1.165) is 12.8 Å². The van der Waals surface area contributed by atoms with E-state index in [-0.39, 0.29) is 24.2 Å². The van der Waals surface area contributed by atoms with Gasteiger partial charge in [0.2, 0.25) is 0 Å². The second kappa shape index (κ2) is 9.51. The van der Waals surface area contributed by atoms with Crippen LogP contribution in [-0.2, 0) is 11.3 Å². The SMILES string of the molecule is O=C(NCc1cc(F)cc(-c2cnn(-c3ccc(F)cc3)c2)c1)c1ncnc2nc([C@H]3CCCO3)[nH]c12. The van der Waals surface area contributed by atoms with Crippen molar-refractivity contribution in [1.29, 1.82) is 0 Å². The van der Waals surface area contributed by atoms with Crippen LogP contribution in [0.1, 0.15) is 40.8 Å². The molecule has 2 aromatic carbocycles. The van der Waals surface area contributed by atoms with Crippen LogP contribution in [0.4, 0.5) is 8.78 Å². The smallest absolute Gasteiger partial charge is 0.272 e. The zero-order chi connectivity index (χ0) is 25.4. The first kappa shape index (κ1) is 22.9. The van der Waals surface area contributed by atoms with E-state index in [4.69, 9.17) is 4.74 Å². The van der Waals surface area contributed by atoms with E-state index in [9.17, 15) is 13.6 Å². The quantitative estimate of drug-likeness (QED) is 0.360. The molecule has 0 radical (unpaired) electrons. The Bertz CT molecular complexity index is 1590. The summed E-state index contributed by atoms with van der Waals surface area (Å²) in [6.45, 7) is 0.747. The minimum Gasteiger partial charge on any atom is -0.370 e. The molecule has 1 aliphatic heterocycles. The summed E-state index contributed by atoms with van der Waals surface area (Å²) in [6.07, 6.45) is 6.26. The summed E-state index contributed by atoms with van der Waals surface area (Å²) in [6, 6.07) is 10.4. The summed E-state index contributed by atoms with van der Waals surface area (Å²) < 4.78 is 34.9. The molecule has 0 saturated carbocycles. The van der Waals surface area contributed by atoms with Crippen LogP contribution in [0.15, 0.2) is 61.2 Å². The van der Waals surface area contributed by atoms with Crippen LogP contribution < -0.4 is 5.32 Å². The number of hydrogen-bond donors (Lipinski definition) is 2. The lowest BCUT2D eigenvalue weighted by atomic mass is 10.1. The number of ether oxygens (including phenoxy) is 1. The van der Waals surface area contributed by atoms with Crippen LogP contribution in [0.25, 0.3) is 28.0 Å². The average molecular weight is 501 g/mol. The lowest BCUT2D eigenvalue weighted by Gasteiger charge is -2.08. The van der Waals surface area contributed by atoms with E-state index in [1.165, 1.54) is 30.6 Å². The van der Waals surface area contributed by atoms with Crippen LogP contribution in [-0.4, -0.2) is 42.2 Å². The molecule has 1 fully saturated rings. The molecule has 1 amide bonds. The molecule has 186 valence electrons. The standard InChI is InChI=1S/C26H21F2N7O2/c27-18-3-5-20(6-4-18)35-13-17(12-32-35)16-8-15(9-19(28)10-16)11-29-26(36)23-22-25(31-14-30-23)34-24(33-22)21-2-1-7-37-21/h3-6,8-10,12-14,21H,1-2,7,11H2,(H,29,36)(H,30,31,33,34)/t21-/m1/s1. The average Bonchev–Trinajstić information content (AvgIpc) is 3.67. The number of H-pyrrole nitrogens is 1. The second-order valence-corrected chi connectivity index (χ2v) is 8.73. The van der Waals surface area contributed by atoms with Crippen molar-refractivity contribution in [2.75, 3.05) is 6.61 Å². The monoisotopic (exact) mass is 501 g/mol. The van der Waals surface area contributed by atoms with E-state index >= 15 is 0 Å². The molecule has 1 atom stereocenters. The van der Waals surface area contributed by atoms with Crippen LogP contribution in [0.5, 0.6) is 0 Å². The molecule has 0 bridgehead atoms. The van der Waals surface area contributed by atoms with Gasteiger partial charge in [0, 0.05) is 24.9 Å². The Morgan fingerprint density at radius 3 is 2.78 bits per heavy atom. The predicted octanol–water partition coefficient (Wildman–Crippen LogP) is 4.27.